The van der Waals surface area contributed by atoms with Gasteiger partial charge in [0.05, 0.1) is 18.5 Å². The third kappa shape index (κ3) is 5.10. The molecule has 0 N–H and O–H groups in total. The van der Waals surface area contributed by atoms with Crippen molar-refractivity contribution in [3.05, 3.63) is 96.1 Å². The fourth-order valence-electron chi connectivity index (χ4n) is 4.31. The molecule has 4 aromatic rings. The average Bonchev–Trinajstić information content (AvgIpc) is 2.90. The standard InChI is InChI=1S/C29H30N4O/c1-22-8-10-24(11-9-22)27-20-28(25-12-14-26(34-2)15-13-25)31-29(30-27)33-18-16-32(17-19-33)21-23-6-4-3-5-7-23/h3-15,20H,16-19,21H2,1-2H3. The molecule has 0 amide bonds. The Hall–Kier alpha value is -3.70. The second-order valence-electron chi connectivity index (χ2n) is 8.78. The quantitative estimate of drug-likeness (QED) is 0.391. The van der Waals surface area contributed by atoms with Crippen LogP contribution in [-0.2, 0) is 6.54 Å². The Morgan fingerprint density at radius 1 is 0.735 bits per heavy atom. The van der Waals surface area contributed by atoms with Gasteiger partial charge in [0.1, 0.15) is 5.75 Å². The summed E-state index contributed by atoms with van der Waals surface area (Å²) in [5.41, 5.74) is 6.63. The maximum Gasteiger partial charge on any atom is 0.226 e. The van der Waals surface area contributed by atoms with Crippen LogP contribution in [0.4, 0.5) is 5.95 Å². The van der Waals surface area contributed by atoms with E-state index in [1.807, 2.05) is 12.1 Å². The van der Waals surface area contributed by atoms with Gasteiger partial charge in [0, 0.05) is 43.9 Å². The summed E-state index contributed by atoms with van der Waals surface area (Å²) < 4.78 is 5.34. The zero-order chi connectivity index (χ0) is 23.3. The van der Waals surface area contributed by atoms with Crippen LogP contribution in [0.1, 0.15) is 11.1 Å². The molecule has 0 spiro atoms. The van der Waals surface area contributed by atoms with Crippen molar-refractivity contribution in [2.24, 2.45) is 0 Å². The molecule has 1 fully saturated rings. The van der Waals surface area contributed by atoms with Crippen LogP contribution in [0.2, 0.25) is 0 Å². The minimum absolute atomic E-state index is 0.795. The van der Waals surface area contributed by atoms with Gasteiger partial charge < -0.3 is 9.64 Å². The molecule has 0 radical (unpaired) electrons. The maximum atomic E-state index is 5.34. The maximum absolute atomic E-state index is 5.34. The largest absolute Gasteiger partial charge is 0.497 e. The molecule has 0 unspecified atom stereocenters. The van der Waals surface area contributed by atoms with Gasteiger partial charge in [-0.15, -0.1) is 0 Å². The van der Waals surface area contributed by atoms with Crippen LogP contribution >= 0.6 is 0 Å². The van der Waals surface area contributed by atoms with E-state index >= 15 is 0 Å². The Morgan fingerprint density at radius 2 is 1.32 bits per heavy atom. The molecule has 3 aromatic carbocycles. The number of aromatic nitrogens is 2. The van der Waals surface area contributed by atoms with Crippen LogP contribution in [0.25, 0.3) is 22.5 Å². The molecular formula is C29H30N4O. The molecule has 0 saturated carbocycles. The minimum Gasteiger partial charge on any atom is -0.497 e. The summed E-state index contributed by atoms with van der Waals surface area (Å²) in [4.78, 5) is 14.8. The Balaban J connectivity index is 1.41. The molecule has 0 aliphatic carbocycles. The molecule has 5 heteroatoms. The van der Waals surface area contributed by atoms with Crippen LogP contribution in [0.15, 0.2) is 84.9 Å². The summed E-state index contributed by atoms with van der Waals surface area (Å²) in [6, 6.07) is 29.4. The van der Waals surface area contributed by atoms with Crippen LogP contribution in [0, 0.1) is 6.92 Å². The third-order valence-electron chi connectivity index (χ3n) is 6.35. The molecule has 172 valence electrons. The molecule has 2 heterocycles. The smallest absolute Gasteiger partial charge is 0.226 e. The SMILES string of the molecule is COc1ccc(-c2cc(-c3ccc(C)cc3)nc(N3CCN(Cc4ccccc4)CC3)n2)cc1. The Labute approximate surface area is 201 Å². The first-order valence-electron chi connectivity index (χ1n) is 11.8. The summed E-state index contributed by atoms with van der Waals surface area (Å²) in [5.74, 6) is 1.63. The van der Waals surface area contributed by atoms with Crippen molar-refractivity contribution in [1.82, 2.24) is 14.9 Å². The number of piperazine rings is 1. The molecule has 1 aliphatic heterocycles. The molecular weight excluding hydrogens is 420 g/mol. The number of rotatable bonds is 6. The monoisotopic (exact) mass is 450 g/mol. The van der Waals surface area contributed by atoms with Crippen molar-refractivity contribution in [3.8, 4) is 28.3 Å². The van der Waals surface area contributed by atoms with Crippen molar-refractivity contribution in [1.29, 1.82) is 0 Å². The topological polar surface area (TPSA) is 41.5 Å². The van der Waals surface area contributed by atoms with Gasteiger partial charge in [-0.05, 0) is 42.8 Å². The fraction of sp³-hybridized carbons (Fsp3) is 0.241. The number of ether oxygens (including phenoxy) is 1. The number of methoxy groups -OCH3 is 1. The van der Waals surface area contributed by atoms with Gasteiger partial charge >= 0.3 is 0 Å². The van der Waals surface area contributed by atoms with Crippen molar-refractivity contribution in [2.45, 2.75) is 13.5 Å². The Morgan fingerprint density at radius 3 is 1.91 bits per heavy atom. The highest BCUT2D eigenvalue weighted by atomic mass is 16.5. The zero-order valence-corrected chi connectivity index (χ0v) is 19.8. The van der Waals surface area contributed by atoms with Gasteiger partial charge in [-0.1, -0.05) is 60.2 Å². The molecule has 1 saturated heterocycles. The Bertz CT molecular complexity index is 1220. The number of benzene rings is 3. The summed E-state index contributed by atoms with van der Waals surface area (Å²) >= 11 is 0. The third-order valence-corrected chi connectivity index (χ3v) is 6.35. The molecule has 1 aromatic heterocycles. The van der Waals surface area contributed by atoms with Crippen molar-refractivity contribution < 1.29 is 4.74 Å². The second-order valence-corrected chi connectivity index (χ2v) is 8.78. The Kier molecular flexibility index (Phi) is 6.54. The van der Waals surface area contributed by atoms with Gasteiger partial charge in [0.15, 0.2) is 0 Å². The molecule has 0 bridgehead atoms. The molecule has 1 aliphatic rings. The minimum atomic E-state index is 0.795. The number of nitrogens with zero attached hydrogens (tertiary/aromatic N) is 4. The summed E-state index contributed by atoms with van der Waals surface area (Å²) in [6.07, 6.45) is 0. The lowest BCUT2D eigenvalue weighted by Crippen LogP contribution is -2.46. The van der Waals surface area contributed by atoms with Crippen LogP contribution in [0.5, 0.6) is 5.75 Å². The number of anilines is 1. The van der Waals surface area contributed by atoms with Gasteiger partial charge in [-0.2, -0.15) is 0 Å². The van der Waals surface area contributed by atoms with Crippen molar-refractivity contribution >= 4 is 5.95 Å². The molecule has 34 heavy (non-hydrogen) atoms. The van der Waals surface area contributed by atoms with E-state index in [2.05, 4.69) is 89.5 Å². The number of hydrogen-bond donors (Lipinski definition) is 0. The summed E-state index contributed by atoms with van der Waals surface area (Å²) in [7, 11) is 1.69. The molecule has 5 rings (SSSR count). The number of aryl methyl sites for hydroxylation is 1. The van der Waals surface area contributed by atoms with E-state index in [0.29, 0.717) is 0 Å². The van der Waals surface area contributed by atoms with E-state index in [1.165, 1.54) is 11.1 Å². The van der Waals surface area contributed by atoms with E-state index in [9.17, 15) is 0 Å². The van der Waals surface area contributed by atoms with Gasteiger partial charge in [0.25, 0.3) is 0 Å². The van der Waals surface area contributed by atoms with E-state index in [1.54, 1.807) is 7.11 Å². The van der Waals surface area contributed by atoms with E-state index in [-0.39, 0.29) is 0 Å². The van der Waals surface area contributed by atoms with Crippen LogP contribution in [0.3, 0.4) is 0 Å². The van der Waals surface area contributed by atoms with Crippen LogP contribution < -0.4 is 9.64 Å². The first-order chi connectivity index (χ1) is 16.7. The predicted molar refractivity (Wildman–Crippen MR) is 138 cm³/mol. The lowest BCUT2D eigenvalue weighted by Gasteiger charge is -2.35. The zero-order valence-electron chi connectivity index (χ0n) is 19.8. The highest BCUT2D eigenvalue weighted by Gasteiger charge is 2.21. The predicted octanol–water partition coefficient (Wildman–Crippen LogP) is 5.45. The normalized spacial score (nSPS) is 14.2. The summed E-state index contributed by atoms with van der Waals surface area (Å²) in [5, 5.41) is 0. The van der Waals surface area contributed by atoms with E-state index < -0.39 is 0 Å². The van der Waals surface area contributed by atoms with E-state index in [0.717, 1.165) is 66.9 Å². The van der Waals surface area contributed by atoms with Gasteiger partial charge in [0.2, 0.25) is 5.95 Å². The highest BCUT2D eigenvalue weighted by Crippen LogP contribution is 2.28. The first-order valence-corrected chi connectivity index (χ1v) is 11.8. The highest BCUT2D eigenvalue weighted by molar-refractivity contribution is 5.70. The fourth-order valence-corrected chi connectivity index (χ4v) is 4.31. The van der Waals surface area contributed by atoms with Crippen molar-refractivity contribution in [2.75, 3.05) is 38.2 Å². The van der Waals surface area contributed by atoms with Crippen LogP contribution in [-0.4, -0.2) is 48.2 Å². The average molecular weight is 451 g/mol. The van der Waals surface area contributed by atoms with E-state index in [4.69, 9.17) is 14.7 Å². The lowest BCUT2D eigenvalue weighted by molar-refractivity contribution is 0.249. The van der Waals surface area contributed by atoms with Gasteiger partial charge in [-0.3, -0.25) is 4.90 Å². The van der Waals surface area contributed by atoms with Gasteiger partial charge in [-0.25, -0.2) is 9.97 Å². The molecule has 0 atom stereocenters. The number of hydrogen-bond acceptors (Lipinski definition) is 5. The second kappa shape index (κ2) is 10.1. The first kappa shape index (κ1) is 22.1. The lowest BCUT2D eigenvalue weighted by atomic mass is 10.1. The molecule has 5 nitrogen and oxygen atoms in total. The van der Waals surface area contributed by atoms with Crippen molar-refractivity contribution in [3.63, 3.8) is 0 Å². The summed E-state index contributed by atoms with van der Waals surface area (Å²) in [6.45, 7) is 6.89.